The summed E-state index contributed by atoms with van der Waals surface area (Å²) in [5, 5.41) is 6.56. The number of hydrogen-bond acceptors (Lipinski definition) is 10. The van der Waals surface area contributed by atoms with Crippen LogP contribution in [0.25, 0.3) is 10.8 Å². The average molecular weight is 900 g/mol. The number of amides is 4. The molecule has 0 radical (unpaired) electrons. The second-order valence-electron chi connectivity index (χ2n) is 16.9. The molecular formula is C46H55FN7O9P. The van der Waals surface area contributed by atoms with Crippen LogP contribution in [-0.2, 0) is 41.4 Å². The number of aryl methyl sites for hydroxylation is 1. The van der Waals surface area contributed by atoms with Gasteiger partial charge in [-0.05, 0) is 98.5 Å². The van der Waals surface area contributed by atoms with Crippen LogP contribution in [0.2, 0.25) is 0 Å². The van der Waals surface area contributed by atoms with E-state index >= 15 is 4.39 Å². The van der Waals surface area contributed by atoms with E-state index in [-0.39, 0.29) is 47.9 Å². The Hall–Kier alpha value is -5.64. The molecule has 1 aromatic heterocycles. The Balaban J connectivity index is 1.07. The lowest BCUT2D eigenvalue weighted by atomic mass is 10.0. The predicted octanol–water partition coefficient (Wildman–Crippen LogP) is 5.41. The minimum Gasteiger partial charge on any atom is -0.465 e. The molecule has 2 N–H and O–H groups in total. The molecule has 0 spiro atoms. The van der Waals surface area contributed by atoms with E-state index in [4.69, 9.17) is 14.0 Å². The number of nitrogens with one attached hydrogen (secondary N) is 2. The first-order valence-corrected chi connectivity index (χ1v) is 23.9. The van der Waals surface area contributed by atoms with Crippen LogP contribution in [0.5, 0.6) is 5.75 Å². The zero-order valence-electron chi connectivity index (χ0n) is 36.2. The standard InChI is InChI=1S/C46H55FN7O9P/c1-3-23-62-46(59)30(2)50-64(60,63-36-9-5-4-6-10-36)41(47)32-14-12-31-13-15-33(27-34(31)26-32)42(55)49-37-28-52(45(58)40-38-11-7-8-19-53(38)29-48-40)20-18-35-16-17-39(54(35)43(37)56)44(57)51-21-24-61-25-22-51/h4-6,9-10,12-15,26-27,29-30,35,37,39,41H,3,7-8,11,16-25,28H2,1-2H3,(H,49,55)(H,50,60)/t30-,35+,37-,39-,41?,64?/m0/s1. The lowest BCUT2D eigenvalue weighted by molar-refractivity contribution is -0.149. The first-order chi connectivity index (χ1) is 30.9. The summed E-state index contributed by atoms with van der Waals surface area (Å²) in [6.07, 6.45) is 6.38. The maximum atomic E-state index is 16.8. The van der Waals surface area contributed by atoms with Gasteiger partial charge in [0.15, 0.2) is 0 Å². The van der Waals surface area contributed by atoms with Crippen molar-refractivity contribution in [1.82, 2.24) is 34.7 Å². The molecule has 6 atom stereocenters. The molecule has 4 amide bonds. The van der Waals surface area contributed by atoms with Crippen molar-refractivity contribution in [1.29, 1.82) is 0 Å². The number of carbonyl (C=O) groups excluding carboxylic acids is 5. The summed E-state index contributed by atoms with van der Waals surface area (Å²) in [5.74, 6) is -4.39. The Labute approximate surface area is 371 Å². The maximum absolute atomic E-state index is 16.8. The molecule has 3 fully saturated rings. The summed E-state index contributed by atoms with van der Waals surface area (Å²) in [7, 11) is -4.52. The first kappa shape index (κ1) is 44.9. The zero-order chi connectivity index (χ0) is 45.0. The Morgan fingerprint density at radius 3 is 2.50 bits per heavy atom. The van der Waals surface area contributed by atoms with Gasteiger partial charge in [-0.3, -0.25) is 28.5 Å². The third kappa shape index (κ3) is 9.57. The number of esters is 1. The number of alkyl halides is 1. The fraction of sp³-hybridized carbons (Fsp3) is 0.478. The maximum Gasteiger partial charge on any atom is 0.355 e. The fourth-order valence-corrected chi connectivity index (χ4v) is 11.0. The summed E-state index contributed by atoms with van der Waals surface area (Å²) < 4.78 is 49.7. The summed E-state index contributed by atoms with van der Waals surface area (Å²) in [4.78, 5) is 79.5. The van der Waals surface area contributed by atoms with Crippen molar-refractivity contribution >= 4 is 47.9 Å². The molecule has 0 aliphatic carbocycles. The van der Waals surface area contributed by atoms with Crippen molar-refractivity contribution in [2.45, 2.75) is 95.4 Å². The second-order valence-corrected chi connectivity index (χ2v) is 19.0. The van der Waals surface area contributed by atoms with Crippen molar-refractivity contribution in [2.24, 2.45) is 0 Å². The monoisotopic (exact) mass is 899 g/mol. The van der Waals surface area contributed by atoms with Gasteiger partial charge in [-0.1, -0.05) is 43.3 Å². The number of imidazole rings is 1. The van der Waals surface area contributed by atoms with Crippen LogP contribution in [0.4, 0.5) is 4.39 Å². The molecule has 8 rings (SSSR count). The normalized spacial score (nSPS) is 22.0. The molecule has 0 saturated carbocycles. The Bertz CT molecular complexity index is 2430. The van der Waals surface area contributed by atoms with Gasteiger partial charge in [-0.25, -0.2) is 14.5 Å². The molecule has 18 heteroatoms. The van der Waals surface area contributed by atoms with Crippen LogP contribution in [0, 0.1) is 0 Å². The summed E-state index contributed by atoms with van der Waals surface area (Å²) in [6.45, 7) is 5.98. The Morgan fingerprint density at radius 1 is 0.938 bits per heavy atom. The van der Waals surface area contributed by atoms with Crippen molar-refractivity contribution < 1.29 is 46.9 Å². The van der Waals surface area contributed by atoms with Gasteiger partial charge in [0, 0.05) is 37.8 Å². The van der Waals surface area contributed by atoms with E-state index in [1.807, 2.05) is 11.5 Å². The van der Waals surface area contributed by atoms with Crippen molar-refractivity contribution in [3.05, 3.63) is 95.6 Å². The van der Waals surface area contributed by atoms with Crippen LogP contribution in [0.15, 0.2) is 73.1 Å². The number of ether oxygens (including phenoxy) is 2. The van der Waals surface area contributed by atoms with Crippen LogP contribution < -0.4 is 14.9 Å². The molecule has 5 heterocycles. The number of benzene rings is 3. The molecule has 3 aromatic carbocycles. The number of halogens is 1. The van der Waals surface area contributed by atoms with E-state index in [9.17, 15) is 28.5 Å². The van der Waals surface area contributed by atoms with Gasteiger partial charge in [-0.2, -0.15) is 0 Å². The predicted molar refractivity (Wildman–Crippen MR) is 234 cm³/mol. The topological polar surface area (TPSA) is 182 Å². The third-order valence-electron chi connectivity index (χ3n) is 12.5. The molecule has 2 unspecified atom stereocenters. The number of morpholine rings is 1. The van der Waals surface area contributed by atoms with Crippen LogP contribution in [0.1, 0.15) is 90.4 Å². The van der Waals surface area contributed by atoms with Gasteiger partial charge in [-0.15, -0.1) is 0 Å². The molecular weight excluding hydrogens is 845 g/mol. The van der Waals surface area contributed by atoms with Crippen LogP contribution in [0.3, 0.4) is 0 Å². The highest BCUT2D eigenvalue weighted by molar-refractivity contribution is 7.57. The highest BCUT2D eigenvalue weighted by Gasteiger charge is 2.47. The van der Waals surface area contributed by atoms with Gasteiger partial charge < -0.3 is 38.6 Å². The number of para-hydroxylation sites is 1. The number of aromatic nitrogens is 2. The average Bonchev–Trinajstić information content (AvgIpc) is 3.95. The SMILES string of the molecule is CCCOC(=O)[C@H](C)NP(=O)(Oc1ccccc1)C(F)c1ccc2ccc(C(=O)N[C@H]3CN(C(=O)c4ncn5c4CCCC5)CC[C@H]4CC[C@@H](C(=O)N5CCOCC5)N4C3=O)cc2c1. The van der Waals surface area contributed by atoms with E-state index in [1.54, 1.807) is 63.5 Å². The molecule has 0 bridgehead atoms. The molecule has 4 aliphatic rings. The summed E-state index contributed by atoms with van der Waals surface area (Å²) in [5.41, 5.74) is 1.31. The van der Waals surface area contributed by atoms with Crippen molar-refractivity contribution in [3.8, 4) is 5.75 Å². The first-order valence-electron chi connectivity index (χ1n) is 22.2. The van der Waals surface area contributed by atoms with E-state index in [1.165, 1.54) is 31.2 Å². The number of nitrogens with zero attached hydrogens (tertiary/aromatic N) is 5. The molecule has 3 saturated heterocycles. The number of carbonyl (C=O) groups is 5. The Morgan fingerprint density at radius 2 is 1.72 bits per heavy atom. The lowest BCUT2D eigenvalue weighted by Gasteiger charge is -2.40. The molecule has 4 aromatic rings. The minimum absolute atomic E-state index is 0.0344. The highest BCUT2D eigenvalue weighted by Crippen LogP contribution is 2.58. The van der Waals surface area contributed by atoms with Gasteiger partial charge in [0.25, 0.3) is 11.8 Å². The van der Waals surface area contributed by atoms with Crippen molar-refractivity contribution in [3.63, 3.8) is 0 Å². The third-order valence-corrected chi connectivity index (χ3v) is 14.6. The molecule has 4 aliphatic heterocycles. The minimum atomic E-state index is -4.52. The van der Waals surface area contributed by atoms with E-state index in [2.05, 4.69) is 15.4 Å². The molecule has 340 valence electrons. The fourth-order valence-electron chi connectivity index (χ4n) is 9.09. The Kier molecular flexibility index (Phi) is 13.8. The van der Waals surface area contributed by atoms with Crippen molar-refractivity contribution in [2.75, 3.05) is 46.0 Å². The quantitative estimate of drug-likeness (QED) is 0.129. The summed E-state index contributed by atoms with van der Waals surface area (Å²) in [6, 6.07) is 14.0. The van der Waals surface area contributed by atoms with Gasteiger partial charge in [0.2, 0.25) is 17.7 Å². The van der Waals surface area contributed by atoms with E-state index in [0.717, 1.165) is 25.1 Å². The molecule has 16 nitrogen and oxygen atoms in total. The second kappa shape index (κ2) is 19.6. The highest BCUT2D eigenvalue weighted by atomic mass is 31.2. The lowest BCUT2D eigenvalue weighted by Crippen LogP contribution is -2.61. The van der Waals surface area contributed by atoms with Gasteiger partial charge in [0.1, 0.15) is 29.6 Å². The largest absolute Gasteiger partial charge is 0.465 e. The molecule has 64 heavy (non-hydrogen) atoms. The van der Waals surface area contributed by atoms with Gasteiger partial charge >= 0.3 is 13.5 Å². The number of hydrogen-bond donors (Lipinski definition) is 2. The van der Waals surface area contributed by atoms with E-state index < -0.39 is 49.3 Å². The van der Waals surface area contributed by atoms with Gasteiger partial charge in [0.05, 0.1) is 38.4 Å². The van der Waals surface area contributed by atoms with Crippen LogP contribution in [-0.4, -0.2) is 124 Å². The number of fused-ring (bicyclic) bond motifs is 3. The van der Waals surface area contributed by atoms with E-state index in [0.29, 0.717) is 81.4 Å². The smallest absolute Gasteiger partial charge is 0.355 e. The summed E-state index contributed by atoms with van der Waals surface area (Å²) >= 11 is 0. The number of rotatable bonds is 13. The van der Waals surface area contributed by atoms with Crippen LogP contribution >= 0.6 is 7.52 Å². The zero-order valence-corrected chi connectivity index (χ0v) is 37.1.